The van der Waals surface area contributed by atoms with Crippen LogP contribution in [-0.2, 0) is 13.0 Å². The largest absolute Gasteiger partial charge is 0.346 e. The lowest BCUT2D eigenvalue weighted by molar-refractivity contribution is 0.0740. The van der Waals surface area contributed by atoms with Crippen LogP contribution in [0.3, 0.4) is 0 Å². The first-order valence-corrected chi connectivity index (χ1v) is 8.77. The van der Waals surface area contributed by atoms with Crippen molar-refractivity contribution in [1.82, 2.24) is 14.5 Å². The van der Waals surface area contributed by atoms with Crippen LogP contribution in [0.25, 0.3) is 10.9 Å². The fourth-order valence-electron chi connectivity index (χ4n) is 3.28. The Hall–Kier alpha value is -2.47. The highest BCUT2D eigenvalue weighted by Crippen LogP contribution is 2.26. The molecule has 24 heavy (non-hydrogen) atoms. The summed E-state index contributed by atoms with van der Waals surface area (Å²) >= 11 is 1.51. The number of hydrogen-bond acceptors (Lipinski definition) is 4. The minimum Gasteiger partial charge on any atom is -0.346 e. The molecule has 1 amide bonds. The fraction of sp³-hybridized carbons (Fsp3) is 0.278. The van der Waals surface area contributed by atoms with Gasteiger partial charge in [0.2, 0.25) is 5.43 Å². The van der Waals surface area contributed by atoms with Crippen molar-refractivity contribution in [3.05, 3.63) is 62.3 Å². The number of amides is 1. The molecule has 2 aromatic heterocycles. The zero-order valence-electron chi connectivity index (χ0n) is 13.5. The summed E-state index contributed by atoms with van der Waals surface area (Å²) in [6.45, 7) is 2.73. The smallest absolute Gasteiger partial charge is 0.259 e. The number of para-hydroxylation sites is 1. The van der Waals surface area contributed by atoms with E-state index in [9.17, 15) is 9.59 Å². The van der Waals surface area contributed by atoms with Crippen molar-refractivity contribution in [2.75, 3.05) is 7.05 Å². The molecule has 122 valence electrons. The van der Waals surface area contributed by atoms with Crippen LogP contribution in [0.15, 0.2) is 40.8 Å². The first-order chi connectivity index (χ1) is 11.6. The Kier molecular flexibility index (Phi) is 3.49. The van der Waals surface area contributed by atoms with Gasteiger partial charge in [0.15, 0.2) is 0 Å². The third kappa shape index (κ3) is 2.17. The van der Waals surface area contributed by atoms with E-state index in [1.165, 1.54) is 16.9 Å². The van der Waals surface area contributed by atoms with Crippen LogP contribution in [0.5, 0.6) is 0 Å². The van der Waals surface area contributed by atoms with Crippen molar-refractivity contribution in [3.63, 3.8) is 0 Å². The second-order valence-electron chi connectivity index (χ2n) is 6.09. The molecule has 6 heteroatoms. The molecule has 5 nitrogen and oxygen atoms in total. The number of aromatic nitrogens is 2. The highest BCUT2D eigenvalue weighted by molar-refractivity contribution is 7.09. The molecule has 1 atom stereocenters. The van der Waals surface area contributed by atoms with Gasteiger partial charge in [-0.05, 0) is 25.0 Å². The topological polar surface area (TPSA) is 55.2 Å². The zero-order chi connectivity index (χ0) is 16.8. The lowest BCUT2D eigenvalue weighted by Gasteiger charge is -2.23. The van der Waals surface area contributed by atoms with Crippen molar-refractivity contribution in [2.45, 2.75) is 25.9 Å². The van der Waals surface area contributed by atoms with E-state index < -0.39 is 0 Å². The maximum atomic E-state index is 12.9. The Balaban J connectivity index is 1.79. The number of benzene rings is 1. The molecule has 0 saturated heterocycles. The molecule has 0 saturated carbocycles. The molecule has 1 aliphatic heterocycles. The third-order valence-electron chi connectivity index (χ3n) is 4.74. The van der Waals surface area contributed by atoms with Crippen LogP contribution in [0.4, 0.5) is 0 Å². The molecule has 0 bridgehead atoms. The van der Waals surface area contributed by atoms with Crippen molar-refractivity contribution in [3.8, 4) is 0 Å². The van der Waals surface area contributed by atoms with E-state index >= 15 is 0 Å². The minimum atomic E-state index is -0.259. The molecule has 0 N–H and O–H groups in total. The number of pyridine rings is 1. The molecule has 3 aromatic rings. The second-order valence-corrected chi connectivity index (χ2v) is 7.02. The lowest BCUT2D eigenvalue weighted by Crippen LogP contribution is -2.33. The summed E-state index contributed by atoms with van der Waals surface area (Å²) in [7, 11) is 1.72. The number of carbonyl (C=O) groups excluding carboxylic acids is 1. The van der Waals surface area contributed by atoms with Crippen LogP contribution >= 0.6 is 11.3 Å². The molecular weight excluding hydrogens is 322 g/mol. The monoisotopic (exact) mass is 339 g/mol. The summed E-state index contributed by atoms with van der Waals surface area (Å²) in [5, 5.41) is 3.38. The van der Waals surface area contributed by atoms with Crippen molar-refractivity contribution < 1.29 is 4.79 Å². The second kappa shape index (κ2) is 5.56. The van der Waals surface area contributed by atoms with Crippen LogP contribution in [-0.4, -0.2) is 27.4 Å². The Bertz CT molecular complexity index is 991. The molecule has 1 unspecified atom stereocenters. The number of aryl methyl sites for hydroxylation is 2. The van der Waals surface area contributed by atoms with E-state index in [-0.39, 0.29) is 22.9 Å². The van der Waals surface area contributed by atoms with Gasteiger partial charge in [0.1, 0.15) is 10.6 Å². The van der Waals surface area contributed by atoms with Gasteiger partial charge in [-0.2, -0.15) is 0 Å². The Morgan fingerprint density at radius 1 is 1.42 bits per heavy atom. The fourth-order valence-corrected chi connectivity index (χ4v) is 4.02. The van der Waals surface area contributed by atoms with Crippen molar-refractivity contribution >= 4 is 28.1 Å². The number of carbonyl (C=O) groups is 1. The highest BCUT2D eigenvalue weighted by Gasteiger charge is 2.25. The van der Waals surface area contributed by atoms with Crippen LogP contribution < -0.4 is 5.43 Å². The lowest BCUT2D eigenvalue weighted by atomic mass is 10.1. The van der Waals surface area contributed by atoms with Gasteiger partial charge in [0, 0.05) is 36.8 Å². The molecule has 1 aliphatic rings. The molecular formula is C18H17N3O2S. The number of rotatable bonds is 3. The van der Waals surface area contributed by atoms with Gasteiger partial charge in [0.05, 0.1) is 11.6 Å². The number of nitrogens with zero attached hydrogens (tertiary/aromatic N) is 3. The van der Waals surface area contributed by atoms with E-state index in [0.717, 1.165) is 23.5 Å². The van der Waals surface area contributed by atoms with E-state index in [0.29, 0.717) is 5.39 Å². The molecule has 3 heterocycles. The summed E-state index contributed by atoms with van der Waals surface area (Å²) in [5.41, 5.74) is 2.18. The molecule has 0 fully saturated rings. The summed E-state index contributed by atoms with van der Waals surface area (Å²) < 4.78 is 2.03. The first-order valence-electron chi connectivity index (χ1n) is 7.89. The Morgan fingerprint density at radius 3 is 3.00 bits per heavy atom. The molecule has 0 aliphatic carbocycles. The standard InChI is InChI=1S/C18H17N3O2S/c1-11(17-19-7-9-24-17)20(2)18(23)14-10-21-8-6-12-4-3-5-13(15(12)21)16(14)22/h3-5,7,9-11H,6,8H2,1-2H3. The average Bonchev–Trinajstić information content (AvgIpc) is 3.26. The van der Waals surface area contributed by atoms with Crippen molar-refractivity contribution in [2.24, 2.45) is 0 Å². The maximum Gasteiger partial charge on any atom is 0.259 e. The highest BCUT2D eigenvalue weighted by atomic mass is 32.1. The molecule has 1 aromatic carbocycles. The maximum absolute atomic E-state index is 12.9. The zero-order valence-corrected chi connectivity index (χ0v) is 14.3. The van der Waals surface area contributed by atoms with E-state index in [1.54, 1.807) is 24.3 Å². The van der Waals surface area contributed by atoms with Crippen LogP contribution in [0.2, 0.25) is 0 Å². The van der Waals surface area contributed by atoms with E-state index in [1.807, 2.05) is 35.1 Å². The predicted molar refractivity (Wildman–Crippen MR) is 94.5 cm³/mol. The quantitative estimate of drug-likeness (QED) is 0.737. The van der Waals surface area contributed by atoms with Gasteiger partial charge in [-0.15, -0.1) is 11.3 Å². The SMILES string of the molecule is CC(c1nccs1)N(C)C(=O)c1cn2c3c(cccc3c1=O)CC2. The normalized spacial score (nSPS) is 14.1. The predicted octanol–water partition coefficient (Wildman–Crippen LogP) is 2.85. The van der Waals surface area contributed by atoms with Gasteiger partial charge < -0.3 is 9.47 Å². The van der Waals surface area contributed by atoms with Crippen LogP contribution in [0.1, 0.15) is 33.9 Å². The Labute approximate surface area is 143 Å². The van der Waals surface area contributed by atoms with Crippen LogP contribution in [0, 0.1) is 0 Å². The molecule has 0 spiro atoms. The third-order valence-corrected chi connectivity index (χ3v) is 5.69. The van der Waals surface area contributed by atoms with E-state index in [2.05, 4.69) is 4.98 Å². The number of hydrogen-bond donors (Lipinski definition) is 0. The number of thiazole rings is 1. The van der Waals surface area contributed by atoms with E-state index in [4.69, 9.17) is 0 Å². The van der Waals surface area contributed by atoms with Crippen molar-refractivity contribution in [1.29, 1.82) is 0 Å². The summed E-state index contributed by atoms with van der Waals surface area (Å²) in [4.78, 5) is 31.6. The molecule has 0 radical (unpaired) electrons. The summed E-state index contributed by atoms with van der Waals surface area (Å²) in [5.74, 6) is -0.259. The van der Waals surface area contributed by atoms with Gasteiger partial charge in [-0.3, -0.25) is 9.59 Å². The minimum absolute atomic E-state index is 0.169. The first kappa shape index (κ1) is 15.1. The van der Waals surface area contributed by atoms with Gasteiger partial charge in [0.25, 0.3) is 5.91 Å². The van der Waals surface area contributed by atoms with Gasteiger partial charge in [-0.25, -0.2) is 4.98 Å². The molecule has 4 rings (SSSR count). The van der Waals surface area contributed by atoms with Gasteiger partial charge >= 0.3 is 0 Å². The van der Waals surface area contributed by atoms with Gasteiger partial charge in [-0.1, -0.05) is 12.1 Å². The summed E-state index contributed by atoms with van der Waals surface area (Å²) in [6, 6.07) is 5.58. The summed E-state index contributed by atoms with van der Waals surface area (Å²) in [6.07, 6.45) is 4.34. The Morgan fingerprint density at radius 2 is 2.25 bits per heavy atom. The average molecular weight is 339 g/mol.